The van der Waals surface area contributed by atoms with Crippen molar-refractivity contribution in [3.8, 4) is 0 Å². The molecule has 1 rings (SSSR count). The number of rotatable bonds is 4. The Morgan fingerprint density at radius 1 is 1.25 bits per heavy atom. The lowest BCUT2D eigenvalue weighted by molar-refractivity contribution is -0.144. The average molecular weight is 293 g/mol. The van der Waals surface area contributed by atoms with E-state index in [-0.39, 0.29) is 11.6 Å². The summed E-state index contributed by atoms with van der Waals surface area (Å²) in [6.45, 7) is 3.42. The van der Waals surface area contributed by atoms with Crippen LogP contribution in [0.3, 0.4) is 0 Å². The minimum absolute atomic E-state index is 0.127. The Labute approximate surface area is 113 Å². The van der Waals surface area contributed by atoms with E-state index in [0.29, 0.717) is 6.07 Å². The first kappa shape index (κ1) is 16.4. The molecular formula is C13H15F4NO2. The van der Waals surface area contributed by atoms with Crippen molar-refractivity contribution < 1.29 is 27.1 Å². The highest BCUT2D eigenvalue weighted by Crippen LogP contribution is 2.32. The summed E-state index contributed by atoms with van der Waals surface area (Å²) in [5, 5.41) is 2.74. The third kappa shape index (κ3) is 4.19. The summed E-state index contributed by atoms with van der Waals surface area (Å²) in [4.78, 5) is 11.6. The van der Waals surface area contributed by atoms with Crippen LogP contribution in [0.15, 0.2) is 18.2 Å². The van der Waals surface area contributed by atoms with Crippen molar-refractivity contribution in [2.45, 2.75) is 32.1 Å². The zero-order valence-corrected chi connectivity index (χ0v) is 11.2. The van der Waals surface area contributed by atoms with Crippen molar-refractivity contribution in [2.75, 3.05) is 7.11 Å². The van der Waals surface area contributed by atoms with E-state index in [1.54, 1.807) is 13.8 Å². The molecule has 7 heteroatoms. The van der Waals surface area contributed by atoms with E-state index in [4.69, 9.17) is 0 Å². The number of nitrogens with one attached hydrogen (secondary N) is 1. The van der Waals surface area contributed by atoms with E-state index in [1.165, 1.54) is 0 Å². The maximum atomic E-state index is 13.3. The van der Waals surface area contributed by atoms with Gasteiger partial charge in [-0.25, -0.2) is 9.18 Å². The van der Waals surface area contributed by atoms with Crippen molar-refractivity contribution in [2.24, 2.45) is 0 Å². The van der Waals surface area contributed by atoms with Gasteiger partial charge in [-0.05, 0) is 37.6 Å². The van der Waals surface area contributed by atoms with Crippen LogP contribution in [0, 0.1) is 5.82 Å². The highest BCUT2D eigenvalue weighted by atomic mass is 19.4. The minimum atomic E-state index is -4.69. The third-order valence-electron chi connectivity index (χ3n) is 2.52. The zero-order valence-electron chi connectivity index (χ0n) is 11.2. The van der Waals surface area contributed by atoms with Gasteiger partial charge < -0.3 is 4.74 Å². The smallest absolute Gasteiger partial charge is 0.416 e. The second-order valence-corrected chi connectivity index (χ2v) is 4.55. The summed E-state index contributed by atoms with van der Waals surface area (Å²) >= 11 is 0. The fourth-order valence-corrected chi connectivity index (χ4v) is 1.69. The van der Waals surface area contributed by atoms with Gasteiger partial charge in [0.25, 0.3) is 0 Å². The number of alkyl halides is 3. The van der Waals surface area contributed by atoms with Gasteiger partial charge in [0.05, 0.1) is 12.7 Å². The molecule has 1 atom stereocenters. The summed E-state index contributed by atoms with van der Waals surface area (Å²) in [5.74, 6) is -1.84. The molecule has 1 aromatic carbocycles. The van der Waals surface area contributed by atoms with E-state index in [0.717, 1.165) is 19.2 Å². The average Bonchev–Trinajstić information content (AvgIpc) is 2.33. The molecule has 20 heavy (non-hydrogen) atoms. The Morgan fingerprint density at radius 3 is 2.30 bits per heavy atom. The topological polar surface area (TPSA) is 38.3 Å². The summed E-state index contributed by atoms with van der Waals surface area (Å²) in [6.07, 6.45) is -4.69. The molecular weight excluding hydrogens is 278 g/mol. The molecule has 112 valence electrons. The van der Waals surface area contributed by atoms with Gasteiger partial charge in [-0.15, -0.1) is 0 Å². The second-order valence-electron chi connectivity index (χ2n) is 4.55. The van der Waals surface area contributed by atoms with Gasteiger partial charge in [-0.1, -0.05) is 0 Å². The predicted octanol–water partition coefficient (Wildman–Crippen LogP) is 3.06. The molecule has 0 aliphatic carbocycles. The van der Waals surface area contributed by atoms with E-state index in [2.05, 4.69) is 10.1 Å². The molecule has 0 radical (unpaired) electrons. The van der Waals surface area contributed by atoms with Crippen molar-refractivity contribution in [1.29, 1.82) is 0 Å². The van der Waals surface area contributed by atoms with Gasteiger partial charge in [0.2, 0.25) is 0 Å². The molecule has 0 amide bonds. The lowest BCUT2D eigenvalue weighted by Gasteiger charge is -2.20. The standard InChI is InChI=1S/C13H15F4NO2/c1-7(2)18-11(12(19)20-3)8-4-9(13(15,16)17)6-10(14)5-8/h4-7,11,18H,1-3H3. The number of ether oxygens (including phenoxy) is 1. The first-order valence-electron chi connectivity index (χ1n) is 5.86. The summed E-state index contributed by atoms with van der Waals surface area (Å²) in [5.41, 5.74) is -1.27. The Hall–Kier alpha value is -1.63. The number of carbonyl (C=O) groups is 1. The quantitative estimate of drug-likeness (QED) is 0.685. The van der Waals surface area contributed by atoms with Gasteiger partial charge in [0, 0.05) is 6.04 Å². The molecule has 1 aromatic rings. The fourth-order valence-electron chi connectivity index (χ4n) is 1.69. The molecule has 0 bridgehead atoms. The van der Waals surface area contributed by atoms with Crippen LogP contribution in [-0.2, 0) is 15.7 Å². The molecule has 0 spiro atoms. The molecule has 0 fully saturated rings. The van der Waals surface area contributed by atoms with Crippen molar-refractivity contribution in [1.82, 2.24) is 5.32 Å². The van der Waals surface area contributed by atoms with Gasteiger partial charge in [0.15, 0.2) is 0 Å². The number of carbonyl (C=O) groups excluding carboxylic acids is 1. The van der Waals surface area contributed by atoms with Crippen LogP contribution in [0.5, 0.6) is 0 Å². The van der Waals surface area contributed by atoms with Gasteiger partial charge in [-0.3, -0.25) is 5.32 Å². The van der Waals surface area contributed by atoms with Crippen molar-refractivity contribution in [3.63, 3.8) is 0 Å². The maximum absolute atomic E-state index is 13.3. The molecule has 1 N–H and O–H groups in total. The number of benzene rings is 1. The Balaban J connectivity index is 3.26. The first-order chi connectivity index (χ1) is 9.15. The first-order valence-corrected chi connectivity index (χ1v) is 5.86. The van der Waals surface area contributed by atoms with Crippen LogP contribution in [-0.4, -0.2) is 19.1 Å². The monoisotopic (exact) mass is 293 g/mol. The van der Waals surface area contributed by atoms with Crippen molar-refractivity contribution in [3.05, 3.63) is 35.1 Å². The molecule has 3 nitrogen and oxygen atoms in total. The number of hydrogen-bond donors (Lipinski definition) is 1. The Kier molecular flexibility index (Phi) is 5.10. The Bertz CT molecular complexity index is 486. The van der Waals surface area contributed by atoms with Gasteiger partial charge in [-0.2, -0.15) is 13.2 Å². The second kappa shape index (κ2) is 6.21. The van der Waals surface area contributed by atoms with Crippen LogP contribution >= 0.6 is 0 Å². The summed E-state index contributed by atoms with van der Waals surface area (Å²) in [6, 6.07) is 0.646. The summed E-state index contributed by atoms with van der Waals surface area (Å²) < 4.78 is 55.8. The molecule has 0 aromatic heterocycles. The fraction of sp³-hybridized carbons (Fsp3) is 0.462. The van der Waals surface area contributed by atoms with Gasteiger partial charge in [0.1, 0.15) is 11.9 Å². The highest BCUT2D eigenvalue weighted by molar-refractivity contribution is 5.77. The van der Waals surface area contributed by atoms with E-state index in [1.807, 2.05) is 0 Å². The van der Waals surface area contributed by atoms with Crippen LogP contribution in [0.1, 0.15) is 31.0 Å². The molecule has 0 saturated carbocycles. The van der Waals surface area contributed by atoms with E-state index >= 15 is 0 Å². The van der Waals surface area contributed by atoms with E-state index < -0.39 is 29.6 Å². The van der Waals surface area contributed by atoms with Crippen LogP contribution < -0.4 is 5.32 Å². The Morgan fingerprint density at radius 2 is 1.85 bits per heavy atom. The van der Waals surface area contributed by atoms with E-state index in [9.17, 15) is 22.4 Å². The number of halogens is 4. The zero-order chi connectivity index (χ0) is 15.5. The summed E-state index contributed by atoms with van der Waals surface area (Å²) in [7, 11) is 1.11. The van der Waals surface area contributed by atoms with Crippen LogP contribution in [0.25, 0.3) is 0 Å². The lowest BCUT2D eigenvalue weighted by atomic mass is 10.0. The lowest BCUT2D eigenvalue weighted by Crippen LogP contribution is -2.34. The molecule has 0 aliphatic heterocycles. The largest absolute Gasteiger partial charge is 0.468 e. The van der Waals surface area contributed by atoms with Crippen LogP contribution in [0.4, 0.5) is 17.6 Å². The van der Waals surface area contributed by atoms with Gasteiger partial charge >= 0.3 is 12.1 Å². The minimum Gasteiger partial charge on any atom is -0.468 e. The third-order valence-corrected chi connectivity index (χ3v) is 2.52. The normalized spacial score (nSPS) is 13.4. The van der Waals surface area contributed by atoms with Crippen molar-refractivity contribution >= 4 is 5.97 Å². The number of esters is 1. The SMILES string of the molecule is COC(=O)C(NC(C)C)c1cc(F)cc(C(F)(F)F)c1. The predicted molar refractivity (Wildman–Crippen MR) is 64.4 cm³/mol. The molecule has 0 heterocycles. The maximum Gasteiger partial charge on any atom is 0.416 e. The molecule has 0 aliphatic rings. The highest BCUT2D eigenvalue weighted by Gasteiger charge is 2.33. The molecule has 0 saturated heterocycles. The number of methoxy groups -OCH3 is 1. The molecule has 1 unspecified atom stereocenters. The number of hydrogen-bond acceptors (Lipinski definition) is 3. The van der Waals surface area contributed by atoms with Crippen LogP contribution in [0.2, 0.25) is 0 Å².